The molecule has 3 aromatic rings. The fourth-order valence-electron chi connectivity index (χ4n) is 3.01. The van der Waals surface area contributed by atoms with E-state index in [1.807, 2.05) is 37.3 Å². The second kappa shape index (κ2) is 7.59. The summed E-state index contributed by atoms with van der Waals surface area (Å²) in [7, 11) is 0. The number of ether oxygens (including phenoxy) is 1. The first kappa shape index (κ1) is 17.2. The van der Waals surface area contributed by atoms with E-state index < -0.39 is 0 Å². The molecule has 7 heteroatoms. The number of hydrogen-bond donors (Lipinski definition) is 3. The van der Waals surface area contributed by atoms with Gasteiger partial charge in [0.25, 0.3) is 5.91 Å². The van der Waals surface area contributed by atoms with E-state index in [9.17, 15) is 4.79 Å². The Morgan fingerprint density at radius 3 is 2.67 bits per heavy atom. The highest BCUT2D eigenvalue weighted by Crippen LogP contribution is 2.22. The fourth-order valence-corrected chi connectivity index (χ4v) is 3.01. The number of aryl methyl sites for hydroxylation is 1. The highest BCUT2D eigenvalue weighted by molar-refractivity contribution is 5.97. The number of nitrogens with one attached hydrogen (secondary N) is 3. The number of carbonyl (C=O) groups is 1. The van der Waals surface area contributed by atoms with Gasteiger partial charge in [0.2, 0.25) is 0 Å². The van der Waals surface area contributed by atoms with Crippen molar-refractivity contribution in [1.82, 2.24) is 25.8 Å². The lowest BCUT2D eigenvalue weighted by Crippen LogP contribution is -2.24. The average molecular weight is 363 g/mol. The number of aromatic nitrogens is 3. The van der Waals surface area contributed by atoms with Crippen LogP contribution in [0.15, 0.2) is 42.5 Å². The third kappa shape index (κ3) is 3.98. The summed E-state index contributed by atoms with van der Waals surface area (Å²) in [6.07, 6.45) is 0. The Labute approximate surface area is 157 Å². The lowest BCUT2D eigenvalue weighted by molar-refractivity contribution is 0.0957. The van der Waals surface area contributed by atoms with Gasteiger partial charge >= 0.3 is 0 Å². The molecule has 27 heavy (non-hydrogen) atoms. The zero-order valence-corrected chi connectivity index (χ0v) is 15.1. The summed E-state index contributed by atoms with van der Waals surface area (Å²) in [5.74, 6) is 2.07. The SMILES string of the molecule is Cc1nc(-c2ccc(CNCc3ccc4c(c3)C(=O)NCCO4)cc2)n[nH]1. The van der Waals surface area contributed by atoms with Crippen molar-refractivity contribution < 1.29 is 9.53 Å². The summed E-state index contributed by atoms with van der Waals surface area (Å²) in [5, 5.41) is 13.3. The van der Waals surface area contributed by atoms with E-state index in [2.05, 4.69) is 37.9 Å². The first-order chi connectivity index (χ1) is 13.2. The molecule has 0 atom stereocenters. The second-order valence-electron chi connectivity index (χ2n) is 6.48. The quantitative estimate of drug-likeness (QED) is 0.646. The Balaban J connectivity index is 1.36. The van der Waals surface area contributed by atoms with Crippen molar-refractivity contribution in [2.45, 2.75) is 20.0 Å². The maximum absolute atomic E-state index is 12.1. The molecule has 1 aromatic heterocycles. The Morgan fingerprint density at radius 2 is 1.89 bits per heavy atom. The predicted molar refractivity (Wildman–Crippen MR) is 101 cm³/mol. The molecular formula is C20H21N5O2. The molecule has 1 aliphatic rings. The van der Waals surface area contributed by atoms with E-state index in [0.29, 0.717) is 36.8 Å². The molecule has 0 saturated carbocycles. The van der Waals surface area contributed by atoms with Crippen molar-refractivity contribution in [3.63, 3.8) is 0 Å². The predicted octanol–water partition coefficient (Wildman–Crippen LogP) is 2.19. The molecule has 0 unspecified atom stereocenters. The molecule has 2 aromatic carbocycles. The molecule has 7 nitrogen and oxygen atoms in total. The standard InChI is InChI=1S/C20H21N5O2/c1-13-23-19(25-24-13)16-5-2-14(3-6-16)11-21-12-15-4-7-18-17(10-15)20(26)22-8-9-27-18/h2-7,10,21H,8-9,11-12H2,1H3,(H,22,26)(H,23,24,25). The second-order valence-corrected chi connectivity index (χ2v) is 6.48. The molecule has 2 heterocycles. The Kier molecular flexibility index (Phi) is 4.84. The Bertz CT molecular complexity index is 949. The number of fused-ring (bicyclic) bond motifs is 1. The molecule has 1 aliphatic heterocycles. The number of amides is 1. The topological polar surface area (TPSA) is 91.9 Å². The highest BCUT2D eigenvalue weighted by atomic mass is 16.5. The lowest BCUT2D eigenvalue weighted by atomic mass is 10.1. The van der Waals surface area contributed by atoms with E-state index in [1.54, 1.807) is 0 Å². The zero-order valence-electron chi connectivity index (χ0n) is 15.1. The van der Waals surface area contributed by atoms with Crippen molar-refractivity contribution in [3.05, 3.63) is 65.0 Å². The molecule has 0 saturated heterocycles. The number of rotatable bonds is 5. The van der Waals surface area contributed by atoms with Gasteiger partial charge in [-0.25, -0.2) is 4.98 Å². The molecule has 0 radical (unpaired) electrons. The maximum Gasteiger partial charge on any atom is 0.255 e. The van der Waals surface area contributed by atoms with Gasteiger partial charge in [0.1, 0.15) is 18.2 Å². The smallest absolute Gasteiger partial charge is 0.255 e. The maximum atomic E-state index is 12.1. The van der Waals surface area contributed by atoms with Gasteiger partial charge in [0.05, 0.1) is 12.1 Å². The van der Waals surface area contributed by atoms with Gasteiger partial charge in [0, 0.05) is 18.7 Å². The number of hydrogen-bond acceptors (Lipinski definition) is 5. The third-order valence-corrected chi connectivity index (χ3v) is 4.40. The number of H-pyrrole nitrogens is 1. The molecule has 1 amide bonds. The van der Waals surface area contributed by atoms with E-state index >= 15 is 0 Å². The van der Waals surface area contributed by atoms with Crippen LogP contribution in [-0.4, -0.2) is 34.2 Å². The van der Waals surface area contributed by atoms with E-state index in [0.717, 1.165) is 23.5 Å². The van der Waals surface area contributed by atoms with Crippen LogP contribution < -0.4 is 15.4 Å². The monoisotopic (exact) mass is 363 g/mol. The van der Waals surface area contributed by atoms with Crippen LogP contribution in [0.2, 0.25) is 0 Å². The summed E-state index contributed by atoms with van der Waals surface area (Å²) in [5.41, 5.74) is 3.79. The van der Waals surface area contributed by atoms with Crippen LogP contribution in [0.3, 0.4) is 0 Å². The first-order valence-corrected chi connectivity index (χ1v) is 8.92. The minimum atomic E-state index is -0.0813. The third-order valence-electron chi connectivity index (χ3n) is 4.40. The van der Waals surface area contributed by atoms with Gasteiger partial charge in [-0.2, -0.15) is 5.10 Å². The Morgan fingerprint density at radius 1 is 1.11 bits per heavy atom. The normalized spacial score (nSPS) is 13.4. The van der Waals surface area contributed by atoms with Crippen molar-refractivity contribution in [2.24, 2.45) is 0 Å². The van der Waals surface area contributed by atoms with Crippen LogP contribution in [0.1, 0.15) is 27.3 Å². The van der Waals surface area contributed by atoms with Crippen molar-refractivity contribution >= 4 is 5.91 Å². The van der Waals surface area contributed by atoms with Crippen LogP contribution in [0.4, 0.5) is 0 Å². The molecule has 0 fully saturated rings. The van der Waals surface area contributed by atoms with Crippen LogP contribution in [0.5, 0.6) is 5.75 Å². The summed E-state index contributed by atoms with van der Waals surface area (Å²) in [4.78, 5) is 16.4. The molecular weight excluding hydrogens is 342 g/mol. The minimum Gasteiger partial charge on any atom is -0.491 e. The van der Waals surface area contributed by atoms with Gasteiger partial charge in [-0.3, -0.25) is 9.89 Å². The van der Waals surface area contributed by atoms with Gasteiger partial charge in [-0.1, -0.05) is 30.3 Å². The number of aromatic amines is 1. The number of nitrogens with zero attached hydrogens (tertiary/aromatic N) is 2. The van der Waals surface area contributed by atoms with Crippen LogP contribution in [-0.2, 0) is 13.1 Å². The van der Waals surface area contributed by atoms with Gasteiger partial charge in [-0.05, 0) is 30.2 Å². The van der Waals surface area contributed by atoms with Gasteiger partial charge in [-0.15, -0.1) is 0 Å². The molecule has 4 rings (SSSR count). The fraction of sp³-hybridized carbons (Fsp3) is 0.250. The highest BCUT2D eigenvalue weighted by Gasteiger charge is 2.16. The summed E-state index contributed by atoms with van der Waals surface area (Å²) < 4.78 is 5.58. The average Bonchev–Trinajstić information content (AvgIpc) is 3.04. The van der Waals surface area contributed by atoms with Gasteiger partial charge in [0.15, 0.2) is 5.82 Å². The van der Waals surface area contributed by atoms with Crippen LogP contribution >= 0.6 is 0 Å². The summed E-state index contributed by atoms with van der Waals surface area (Å²) in [6, 6.07) is 13.9. The molecule has 0 aliphatic carbocycles. The molecule has 0 spiro atoms. The summed E-state index contributed by atoms with van der Waals surface area (Å²) >= 11 is 0. The molecule has 3 N–H and O–H groups in total. The van der Waals surface area contributed by atoms with E-state index in [4.69, 9.17) is 4.74 Å². The molecule has 138 valence electrons. The van der Waals surface area contributed by atoms with E-state index in [1.165, 1.54) is 5.56 Å². The zero-order chi connectivity index (χ0) is 18.6. The van der Waals surface area contributed by atoms with E-state index in [-0.39, 0.29) is 5.91 Å². The van der Waals surface area contributed by atoms with Crippen molar-refractivity contribution in [1.29, 1.82) is 0 Å². The lowest BCUT2D eigenvalue weighted by Gasteiger charge is -2.09. The van der Waals surface area contributed by atoms with Crippen LogP contribution in [0.25, 0.3) is 11.4 Å². The largest absolute Gasteiger partial charge is 0.491 e. The molecule has 0 bridgehead atoms. The van der Waals surface area contributed by atoms with Crippen molar-refractivity contribution in [2.75, 3.05) is 13.2 Å². The Hall–Kier alpha value is -3.19. The van der Waals surface area contributed by atoms with Crippen LogP contribution in [0, 0.1) is 6.92 Å². The van der Waals surface area contributed by atoms with Gasteiger partial charge < -0.3 is 15.4 Å². The number of benzene rings is 2. The minimum absolute atomic E-state index is 0.0813. The first-order valence-electron chi connectivity index (χ1n) is 8.92. The van der Waals surface area contributed by atoms with Crippen molar-refractivity contribution in [3.8, 4) is 17.1 Å². The summed E-state index contributed by atoms with van der Waals surface area (Å²) in [6.45, 7) is 4.31. The number of carbonyl (C=O) groups excluding carboxylic acids is 1.